The van der Waals surface area contributed by atoms with Gasteiger partial charge >= 0.3 is 5.97 Å². The van der Waals surface area contributed by atoms with E-state index in [4.69, 9.17) is 4.84 Å². The number of hydrogen-bond donors (Lipinski definition) is 1. The molecule has 1 heterocycles. The summed E-state index contributed by atoms with van der Waals surface area (Å²) in [6, 6.07) is 22.5. The molecule has 1 amide bonds. The molecule has 0 atom stereocenters. The molecule has 2 aromatic carbocycles. The average Bonchev–Trinajstić information content (AvgIpc) is 2.81. The van der Waals surface area contributed by atoms with Crippen LogP contribution >= 0.6 is 0 Å². The van der Waals surface area contributed by atoms with Gasteiger partial charge in [-0.2, -0.15) is 5.48 Å². The van der Waals surface area contributed by atoms with E-state index in [9.17, 15) is 9.59 Å². The summed E-state index contributed by atoms with van der Waals surface area (Å²) in [7, 11) is 1.93. The maximum Gasteiger partial charge on any atom is 0.332 e. The molecule has 0 bridgehead atoms. The summed E-state index contributed by atoms with van der Waals surface area (Å²) in [6.45, 7) is 0. The Morgan fingerprint density at radius 3 is 2.09 bits per heavy atom. The summed E-state index contributed by atoms with van der Waals surface area (Å²) >= 11 is 0. The van der Waals surface area contributed by atoms with E-state index in [1.165, 1.54) is 11.1 Å². The summed E-state index contributed by atoms with van der Waals surface area (Å²) in [4.78, 5) is 28.9. The summed E-state index contributed by atoms with van der Waals surface area (Å²) in [5, 5.41) is 0. The maximum absolute atomic E-state index is 12.1. The number of aromatic nitrogens is 1. The lowest BCUT2D eigenvalue weighted by molar-refractivity contribution is -0.671. The van der Waals surface area contributed by atoms with Gasteiger partial charge in [0.2, 0.25) is 0 Å². The van der Waals surface area contributed by atoms with E-state index in [2.05, 4.69) is 41.9 Å². The van der Waals surface area contributed by atoms with Crippen molar-refractivity contribution in [1.29, 1.82) is 0 Å². The second kappa shape index (κ2) is 12.4. The number of hydrogen-bond acceptors (Lipinski definition) is 3. The third kappa shape index (κ3) is 8.34. The van der Waals surface area contributed by atoms with Crippen molar-refractivity contribution in [2.45, 2.75) is 44.9 Å². The first-order chi connectivity index (χ1) is 15.6. The van der Waals surface area contributed by atoms with Crippen LogP contribution in [0.2, 0.25) is 0 Å². The first kappa shape index (κ1) is 23.2. The summed E-state index contributed by atoms with van der Waals surface area (Å²) in [5.41, 5.74) is 6.83. The highest BCUT2D eigenvalue weighted by Gasteiger charge is 2.09. The van der Waals surface area contributed by atoms with Gasteiger partial charge in [0.05, 0.1) is 12.8 Å². The number of carbonyl (C=O) groups is 2. The number of carbonyl (C=O) groups excluding carboxylic acids is 2. The van der Waals surface area contributed by atoms with E-state index in [1.54, 1.807) is 0 Å². The highest BCUT2D eigenvalue weighted by atomic mass is 16.7. The largest absolute Gasteiger partial charge is 0.341 e. The predicted octanol–water partition coefficient (Wildman–Crippen LogP) is 3.83. The van der Waals surface area contributed by atoms with Crippen molar-refractivity contribution < 1.29 is 19.0 Å². The SMILES string of the molecule is C[n+]1cccc(CCC(=O)ONC(=O)Cc2ccc(CCCCc3ccccc3)cc2)c1. The first-order valence-electron chi connectivity index (χ1n) is 11.1. The zero-order valence-corrected chi connectivity index (χ0v) is 18.6. The van der Waals surface area contributed by atoms with E-state index < -0.39 is 5.97 Å². The lowest BCUT2D eigenvalue weighted by Gasteiger charge is -2.07. The van der Waals surface area contributed by atoms with Crippen LogP contribution in [0, 0.1) is 0 Å². The third-order valence-electron chi connectivity index (χ3n) is 5.31. The van der Waals surface area contributed by atoms with Crippen molar-refractivity contribution in [1.82, 2.24) is 5.48 Å². The van der Waals surface area contributed by atoms with Crippen molar-refractivity contribution >= 4 is 11.9 Å². The zero-order valence-electron chi connectivity index (χ0n) is 18.6. The van der Waals surface area contributed by atoms with Gasteiger partial charge in [-0.05, 0) is 54.9 Å². The molecule has 0 saturated heterocycles. The Labute approximate surface area is 190 Å². The van der Waals surface area contributed by atoms with Crippen LogP contribution in [0.4, 0.5) is 0 Å². The van der Waals surface area contributed by atoms with Crippen LogP contribution in [0.3, 0.4) is 0 Å². The van der Waals surface area contributed by atoms with Crippen LogP contribution in [-0.4, -0.2) is 11.9 Å². The van der Waals surface area contributed by atoms with Gasteiger partial charge in [0.15, 0.2) is 12.4 Å². The van der Waals surface area contributed by atoms with Gasteiger partial charge in [-0.3, -0.25) is 4.79 Å². The molecule has 0 fully saturated rings. The van der Waals surface area contributed by atoms with E-state index >= 15 is 0 Å². The van der Waals surface area contributed by atoms with Crippen LogP contribution in [0.5, 0.6) is 0 Å². The fraction of sp³-hybridized carbons (Fsp3) is 0.296. The molecule has 5 nitrogen and oxygen atoms in total. The zero-order chi connectivity index (χ0) is 22.6. The minimum Gasteiger partial charge on any atom is -0.341 e. The second-order valence-electron chi connectivity index (χ2n) is 8.06. The summed E-state index contributed by atoms with van der Waals surface area (Å²) in [5.74, 6) is -0.782. The van der Waals surface area contributed by atoms with E-state index in [0.29, 0.717) is 6.42 Å². The fourth-order valence-electron chi connectivity index (χ4n) is 3.56. The number of pyridine rings is 1. The quantitative estimate of drug-likeness (QED) is 0.302. The van der Waals surface area contributed by atoms with Crippen molar-refractivity contribution in [2.75, 3.05) is 0 Å². The van der Waals surface area contributed by atoms with Crippen molar-refractivity contribution in [3.8, 4) is 0 Å². The lowest BCUT2D eigenvalue weighted by atomic mass is 10.0. The Morgan fingerprint density at radius 2 is 1.41 bits per heavy atom. The van der Waals surface area contributed by atoms with Crippen LogP contribution in [0.25, 0.3) is 0 Å². The van der Waals surface area contributed by atoms with Crippen LogP contribution in [0.1, 0.15) is 41.5 Å². The molecule has 32 heavy (non-hydrogen) atoms. The van der Waals surface area contributed by atoms with Gasteiger partial charge < -0.3 is 4.84 Å². The molecule has 0 radical (unpaired) electrons. The molecule has 166 valence electrons. The van der Waals surface area contributed by atoms with Crippen molar-refractivity contribution in [3.63, 3.8) is 0 Å². The van der Waals surface area contributed by atoms with Gasteiger partial charge in [0, 0.05) is 11.6 Å². The molecule has 3 aromatic rings. The first-order valence-corrected chi connectivity index (χ1v) is 11.1. The van der Waals surface area contributed by atoms with Gasteiger partial charge in [-0.25, -0.2) is 9.36 Å². The minimum absolute atomic E-state index is 0.177. The Morgan fingerprint density at radius 1 is 0.781 bits per heavy atom. The normalized spacial score (nSPS) is 10.5. The number of unbranched alkanes of at least 4 members (excludes halogenated alkanes) is 1. The Kier molecular flexibility index (Phi) is 8.99. The summed E-state index contributed by atoms with van der Waals surface area (Å²) in [6.07, 6.45) is 9.25. The molecule has 5 heteroatoms. The van der Waals surface area contributed by atoms with Gasteiger partial charge in [0.1, 0.15) is 7.05 Å². The third-order valence-corrected chi connectivity index (χ3v) is 5.31. The molecular formula is C27H31N2O3+. The molecule has 0 aliphatic heterocycles. The van der Waals surface area contributed by atoms with E-state index in [-0.39, 0.29) is 18.7 Å². The van der Waals surface area contributed by atoms with E-state index in [1.807, 2.05) is 54.3 Å². The number of nitrogens with zero attached hydrogens (tertiary/aromatic N) is 1. The highest BCUT2D eigenvalue weighted by molar-refractivity contribution is 5.79. The van der Waals surface area contributed by atoms with Gasteiger partial charge in [-0.15, -0.1) is 0 Å². The maximum atomic E-state index is 12.1. The number of hydroxylamine groups is 1. The average molecular weight is 432 g/mol. The number of benzene rings is 2. The Balaban J connectivity index is 1.32. The van der Waals surface area contributed by atoms with Gasteiger partial charge in [0.25, 0.3) is 5.91 Å². The number of nitrogens with one attached hydrogen (secondary N) is 1. The van der Waals surface area contributed by atoms with E-state index in [0.717, 1.165) is 36.8 Å². The highest BCUT2D eigenvalue weighted by Crippen LogP contribution is 2.11. The van der Waals surface area contributed by atoms with Crippen molar-refractivity contribution in [2.24, 2.45) is 7.05 Å². The Bertz CT molecular complexity index is 1000. The van der Waals surface area contributed by atoms with Gasteiger partial charge in [-0.1, -0.05) is 54.6 Å². The molecule has 0 aliphatic rings. The Hall–Kier alpha value is -3.47. The topological polar surface area (TPSA) is 59.3 Å². The minimum atomic E-state index is -0.448. The monoisotopic (exact) mass is 431 g/mol. The molecule has 1 N–H and O–H groups in total. The van der Waals surface area contributed by atoms with Crippen LogP contribution in [-0.2, 0) is 47.2 Å². The molecule has 0 unspecified atom stereocenters. The summed E-state index contributed by atoms with van der Waals surface area (Å²) < 4.78 is 1.93. The number of rotatable bonds is 10. The lowest BCUT2D eigenvalue weighted by Crippen LogP contribution is -2.29. The second-order valence-corrected chi connectivity index (χ2v) is 8.06. The molecular weight excluding hydrogens is 400 g/mol. The smallest absolute Gasteiger partial charge is 0.332 e. The predicted molar refractivity (Wildman–Crippen MR) is 123 cm³/mol. The molecule has 3 rings (SSSR count). The molecule has 0 spiro atoms. The molecule has 1 aromatic heterocycles. The van der Waals surface area contributed by atoms with Crippen LogP contribution in [0.15, 0.2) is 79.1 Å². The standard InChI is InChI=1S/C27H30N2O3/c1-29-19-7-12-25(21-29)17-18-27(31)32-28-26(30)20-24-15-13-23(14-16-24)11-6-5-10-22-8-3-2-4-9-22/h2-4,7-9,12-16,19,21H,5-6,10-11,17-18,20H2,1H3/p+1. The molecule has 0 aliphatic carbocycles. The molecule has 0 saturated carbocycles. The van der Waals surface area contributed by atoms with Crippen molar-refractivity contribution in [3.05, 3.63) is 101 Å². The van der Waals surface area contributed by atoms with Crippen LogP contribution < -0.4 is 10.0 Å². The number of aryl methyl sites for hydroxylation is 4. The fourth-order valence-corrected chi connectivity index (χ4v) is 3.56. The number of amides is 1.